The lowest BCUT2D eigenvalue weighted by molar-refractivity contribution is -0.135. The molecule has 6 nitrogen and oxygen atoms in total. The van der Waals surface area contributed by atoms with Crippen LogP contribution in [0.1, 0.15) is 36.2 Å². The van der Waals surface area contributed by atoms with E-state index in [4.69, 9.17) is 16.3 Å². The second-order valence-electron chi connectivity index (χ2n) is 7.35. The maximum absolute atomic E-state index is 12.6. The second-order valence-corrected chi connectivity index (χ2v) is 7.79. The van der Waals surface area contributed by atoms with E-state index in [2.05, 4.69) is 13.5 Å². The molecule has 1 aliphatic rings. The first-order valence-electron chi connectivity index (χ1n) is 10.1. The topological polar surface area (TPSA) is 70.1 Å². The van der Waals surface area contributed by atoms with Crippen molar-refractivity contribution in [3.05, 3.63) is 70.8 Å². The van der Waals surface area contributed by atoms with Crippen LogP contribution in [-0.4, -0.2) is 53.5 Å². The number of nitrogens with zero attached hydrogens (tertiary/aromatic N) is 2. The average molecular weight is 445 g/mol. The Balaban J connectivity index is 0.000000614. The van der Waals surface area contributed by atoms with Crippen molar-refractivity contribution in [2.24, 2.45) is 0 Å². The van der Waals surface area contributed by atoms with Gasteiger partial charge in [-0.2, -0.15) is 0 Å². The molecule has 1 N–H and O–H groups in total. The molecule has 1 saturated heterocycles. The van der Waals surface area contributed by atoms with Gasteiger partial charge in [0.05, 0.1) is 7.11 Å². The SMILES string of the molecule is C=C(C)CC.COc1ccc(C(=O)N2CCN(Cc3cc(Cl)ccc3O)C(=O)C2)cc1. The maximum atomic E-state index is 12.6. The summed E-state index contributed by atoms with van der Waals surface area (Å²) in [7, 11) is 1.56. The van der Waals surface area contributed by atoms with Crippen molar-refractivity contribution in [3.63, 3.8) is 0 Å². The number of phenols is 1. The third-order valence-corrected chi connectivity index (χ3v) is 5.18. The average Bonchev–Trinajstić information content (AvgIpc) is 2.77. The van der Waals surface area contributed by atoms with Crippen LogP contribution in [0.5, 0.6) is 11.5 Å². The van der Waals surface area contributed by atoms with Crippen LogP contribution in [0, 0.1) is 0 Å². The van der Waals surface area contributed by atoms with E-state index in [-0.39, 0.29) is 30.7 Å². The molecule has 0 unspecified atom stereocenters. The summed E-state index contributed by atoms with van der Waals surface area (Å²) in [6.45, 7) is 8.89. The van der Waals surface area contributed by atoms with Crippen LogP contribution >= 0.6 is 11.6 Å². The number of carbonyl (C=O) groups excluding carboxylic acids is 2. The Morgan fingerprint density at radius 3 is 2.39 bits per heavy atom. The molecular formula is C24H29ClN2O4. The van der Waals surface area contributed by atoms with Gasteiger partial charge >= 0.3 is 0 Å². The number of amides is 2. The van der Waals surface area contributed by atoms with Crippen molar-refractivity contribution in [2.75, 3.05) is 26.7 Å². The highest BCUT2D eigenvalue weighted by Crippen LogP contribution is 2.24. The third kappa shape index (κ3) is 7.03. The minimum Gasteiger partial charge on any atom is -0.508 e. The minimum absolute atomic E-state index is 0.00614. The highest BCUT2D eigenvalue weighted by atomic mass is 35.5. The number of allylic oxidation sites excluding steroid dienone is 1. The summed E-state index contributed by atoms with van der Waals surface area (Å²) >= 11 is 5.95. The first-order valence-corrected chi connectivity index (χ1v) is 10.5. The number of methoxy groups -OCH3 is 1. The van der Waals surface area contributed by atoms with Gasteiger partial charge in [-0.25, -0.2) is 0 Å². The molecular weight excluding hydrogens is 416 g/mol. The van der Waals surface area contributed by atoms with Crippen LogP contribution in [0.2, 0.25) is 5.02 Å². The molecule has 0 aromatic heterocycles. The zero-order chi connectivity index (χ0) is 23.0. The predicted molar refractivity (Wildman–Crippen MR) is 123 cm³/mol. The summed E-state index contributed by atoms with van der Waals surface area (Å²) in [5.41, 5.74) is 2.35. The molecule has 7 heteroatoms. The number of aromatic hydroxyl groups is 1. The first-order chi connectivity index (χ1) is 14.7. The van der Waals surface area contributed by atoms with Gasteiger partial charge in [-0.3, -0.25) is 9.59 Å². The van der Waals surface area contributed by atoms with Gasteiger partial charge in [0.15, 0.2) is 0 Å². The Hall–Kier alpha value is -2.99. The van der Waals surface area contributed by atoms with Crippen LogP contribution in [0.3, 0.4) is 0 Å². The van der Waals surface area contributed by atoms with Gasteiger partial charge in [0.25, 0.3) is 5.91 Å². The van der Waals surface area contributed by atoms with Gasteiger partial charge in [-0.15, -0.1) is 6.58 Å². The molecule has 1 aliphatic heterocycles. The van der Waals surface area contributed by atoms with E-state index in [0.717, 1.165) is 6.42 Å². The molecule has 3 rings (SSSR count). The Kier molecular flexibility index (Phi) is 8.94. The molecule has 31 heavy (non-hydrogen) atoms. The van der Waals surface area contributed by atoms with E-state index in [1.807, 2.05) is 6.92 Å². The minimum atomic E-state index is -0.189. The van der Waals surface area contributed by atoms with E-state index < -0.39 is 0 Å². The van der Waals surface area contributed by atoms with Gasteiger partial charge in [0.2, 0.25) is 5.91 Å². The smallest absolute Gasteiger partial charge is 0.254 e. The fourth-order valence-electron chi connectivity index (χ4n) is 2.85. The van der Waals surface area contributed by atoms with Crippen molar-refractivity contribution < 1.29 is 19.4 Å². The number of piperazine rings is 1. The van der Waals surface area contributed by atoms with Crippen LogP contribution in [0.4, 0.5) is 0 Å². The van der Waals surface area contributed by atoms with Crippen LogP contribution in [0.25, 0.3) is 0 Å². The molecule has 0 aliphatic carbocycles. The summed E-state index contributed by atoms with van der Waals surface area (Å²) in [5.74, 6) is 0.409. The molecule has 0 atom stereocenters. The summed E-state index contributed by atoms with van der Waals surface area (Å²) in [6.07, 6.45) is 1.11. The zero-order valence-corrected chi connectivity index (χ0v) is 19.0. The van der Waals surface area contributed by atoms with Crippen molar-refractivity contribution >= 4 is 23.4 Å². The van der Waals surface area contributed by atoms with Crippen LogP contribution < -0.4 is 4.74 Å². The largest absolute Gasteiger partial charge is 0.508 e. The van der Waals surface area contributed by atoms with E-state index >= 15 is 0 Å². The zero-order valence-electron chi connectivity index (χ0n) is 18.2. The Morgan fingerprint density at radius 1 is 1.19 bits per heavy atom. The predicted octanol–water partition coefficient (Wildman–Crippen LogP) is 4.51. The summed E-state index contributed by atoms with van der Waals surface area (Å²) in [6, 6.07) is 11.5. The number of ether oxygens (including phenoxy) is 1. The number of rotatable bonds is 5. The third-order valence-electron chi connectivity index (χ3n) is 4.95. The fourth-order valence-corrected chi connectivity index (χ4v) is 3.05. The lowest BCUT2D eigenvalue weighted by Crippen LogP contribution is -2.51. The summed E-state index contributed by atoms with van der Waals surface area (Å²) < 4.78 is 5.08. The van der Waals surface area contributed by atoms with Gasteiger partial charge in [-0.1, -0.05) is 24.1 Å². The molecule has 0 spiro atoms. The molecule has 1 heterocycles. The number of phenolic OH excluding ortho intramolecular Hbond substituents is 1. The van der Waals surface area contributed by atoms with Gasteiger partial charge < -0.3 is 19.6 Å². The Labute approximate surface area is 188 Å². The van der Waals surface area contributed by atoms with Crippen molar-refractivity contribution in [2.45, 2.75) is 26.8 Å². The lowest BCUT2D eigenvalue weighted by atomic mass is 10.1. The Bertz CT molecular complexity index is 928. The van der Waals surface area contributed by atoms with E-state index in [1.54, 1.807) is 48.4 Å². The van der Waals surface area contributed by atoms with Gasteiger partial charge in [0.1, 0.15) is 18.0 Å². The summed E-state index contributed by atoms with van der Waals surface area (Å²) in [5, 5.41) is 10.4. The fraction of sp³-hybridized carbons (Fsp3) is 0.333. The maximum Gasteiger partial charge on any atom is 0.254 e. The number of benzene rings is 2. The lowest BCUT2D eigenvalue weighted by Gasteiger charge is -2.34. The molecule has 2 amide bonds. The summed E-state index contributed by atoms with van der Waals surface area (Å²) in [4.78, 5) is 28.1. The van der Waals surface area contributed by atoms with E-state index in [0.29, 0.717) is 35.0 Å². The normalized spacial score (nSPS) is 13.4. The Morgan fingerprint density at radius 2 is 1.84 bits per heavy atom. The van der Waals surface area contributed by atoms with Gasteiger partial charge in [0, 0.05) is 35.8 Å². The van der Waals surface area contributed by atoms with Crippen molar-refractivity contribution in [1.82, 2.24) is 9.80 Å². The van der Waals surface area contributed by atoms with Crippen molar-refractivity contribution in [3.8, 4) is 11.5 Å². The first kappa shape index (κ1) is 24.3. The molecule has 0 saturated carbocycles. The molecule has 0 bridgehead atoms. The molecule has 0 radical (unpaired) electrons. The monoisotopic (exact) mass is 444 g/mol. The van der Waals surface area contributed by atoms with Gasteiger partial charge in [-0.05, 0) is 55.8 Å². The van der Waals surface area contributed by atoms with E-state index in [9.17, 15) is 14.7 Å². The van der Waals surface area contributed by atoms with Crippen molar-refractivity contribution in [1.29, 1.82) is 0 Å². The number of carbonyl (C=O) groups is 2. The van der Waals surface area contributed by atoms with Crippen LogP contribution in [0.15, 0.2) is 54.6 Å². The number of halogens is 1. The molecule has 2 aromatic carbocycles. The molecule has 1 fully saturated rings. The quantitative estimate of drug-likeness (QED) is 0.689. The number of hydrogen-bond acceptors (Lipinski definition) is 4. The highest BCUT2D eigenvalue weighted by Gasteiger charge is 2.28. The van der Waals surface area contributed by atoms with E-state index in [1.165, 1.54) is 16.5 Å². The number of hydrogen-bond donors (Lipinski definition) is 1. The second kappa shape index (κ2) is 11.4. The molecule has 166 valence electrons. The standard InChI is InChI=1S/C19H19ClN2O4.C5H10/c1-26-16-5-2-13(3-6-16)19(25)22-9-8-21(18(24)12-22)11-14-10-15(20)4-7-17(14)23;1-4-5(2)3/h2-7,10,23H,8-9,11-12H2,1H3;2,4H2,1,3H3. The van der Waals surface area contributed by atoms with Crippen LogP contribution in [-0.2, 0) is 11.3 Å². The highest BCUT2D eigenvalue weighted by molar-refractivity contribution is 6.30. The molecule has 2 aromatic rings.